The van der Waals surface area contributed by atoms with Crippen LogP contribution in [0, 0.1) is 11.8 Å². The lowest BCUT2D eigenvalue weighted by atomic mass is 10.0. The minimum Gasteiger partial charge on any atom is -0.491 e. The molecule has 0 saturated carbocycles. The van der Waals surface area contributed by atoms with Crippen molar-refractivity contribution in [2.24, 2.45) is 0 Å². The van der Waals surface area contributed by atoms with E-state index in [1.54, 1.807) is 23.9 Å². The Bertz CT molecular complexity index is 1030. The highest BCUT2D eigenvalue weighted by Crippen LogP contribution is 2.23. The highest BCUT2D eigenvalue weighted by atomic mass is 16.5. The van der Waals surface area contributed by atoms with Crippen LogP contribution in [0.3, 0.4) is 0 Å². The van der Waals surface area contributed by atoms with Gasteiger partial charge in [0, 0.05) is 25.1 Å². The van der Waals surface area contributed by atoms with Crippen molar-refractivity contribution < 1.29 is 24.8 Å². The largest absolute Gasteiger partial charge is 0.491 e. The number of hydrogen-bond donors (Lipinski definition) is 3. The van der Waals surface area contributed by atoms with Crippen LogP contribution in [0.2, 0.25) is 0 Å². The molecule has 3 rings (SSSR count). The van der Waals surface area contributed by atoms with Crippen LogP contribution in [0.4, 0.5) is 0 Å². The Kier molecular flexibility index (Phi) is 8.42. The van der Waals surface area contributed by atoms with E-state index < -0.39 is 18.2 Å². The molecule has 0 radical (unpaired) electrons. The monoisotopic (exact) mass is 436 g/mol. The fourth-order valence-corrected chi connectivity index (χ4v) is 3.20. The third-order valence-electron chi connectivity index (χ3n) is 4.84. The number of aliphatic hydroxyl groups excluding tert-OH is 3. The van der Waals surface area contributed by atoms with Gasteiger partial charge in [0.25, 0.3) is 0 Å². The van der Waals surface area contributed by atoms with Crippen LogP contribution in [0.1, 0.15) is 30.5 Å². The third kappa shape index (κ3) is 6.19. The lowest BCUT2D eigenvalue weighted by Gasteiger charge is -2.14. The van der Waals surface area contributed by atoms with E-state index in [-0.39, 0.29) is 19.8 Å². The van der Waals surface area contributed by atoms with E-state index in [2.05, 4.69) is 16.8 Å². The van der Waals surface area contributed by atoms with E-state index in [4.69, 9.17) is 9.47 Å². The van der Waals surface area contributed by atoms with Crippen molar-refractivity contribution in [1.82, 2.24) is 9.55 Å². The number of nitrogens with zero attached hydrogens (tertiary/aromatic N) is 2. The molecule has 0 aliphatic heterocycles. The van der Waals surface area contributed by atoms with Gasteiger partial charge in [-0.3, -0.25) is 0 Å². The van der Waals surface area contributed by atoms with Gasteiger partial charge in [0.1, 0.15) is 36.4 Å². The lowest BCUT2D eigenvalue weighted by molar-refractivity contribution is 0.0325. The summed E-state index contributed by atoms with van der Waals surface area (Å²) >= 11 is 0. The summed E-state index contributed by atoms with van der Waals surface area (Å²) in [6.07, 6.45) is 1.88. The van der Waals surface area contributed by atoms with Crippen LogP contribution < -0.4 is 4.74 Å². The van der Waals surface area contributed by atoms with Crippen LogP contribution in [-0.4, -0.2) is 57.9 Å². The van der Waals surface area contributed by atoms with Gasteiger partial charge in [0.05, 0.1) is 13.2 Å². The summed E-state index contributed by atoms with van der Waals surface area (Å²) in [4.78, 5) is 4.13. The van der Waals surface area contributed by atoms with E-state index in [9.17, 15) is 15.3 Å². The number of aromatic nitrogens is 2. The Hall–Kier alpha value is -3.15. The fourth-order valence-electron chi connectivity index (χ4n) is 3.20. The number of hydrogen-bond acceptors (Lipinski definition) is 6. The second kappa shape index (κ2) is 11.5. The molecular weight excluding hydrogens is 408 g/mol. The summed E-state index contributed by atoms with van der Waals surface area (Å²) in [6.45, 7) is 1.85. The third-order valence-corrected chi connectivity index (χ3v) is 4.84. The molecule has 0 unspecified atom stereocenters. The molecule has 0 aliphatic rings. The topological polar surface area (TPSA) is 97.0 Å². The maximum atomic E-state index is 9.82. The van der Waals surface area contributed by atoms with Crippen LogP contribution in [0.5, 0.6) is 5.75 Å². The molecule has 1 heterocycles. The average Bonchev–Trinajstić information content (AvgIpc) is 3.29. The molecule has 3 atom stereocenters. The maximum absolute atomic E-state index is 9.82. The van der Waals surface area contributed by atoms with Gasteiger partial charge < -0.3 is 29.4 Å². The molecule has 7 heteroatoms. The molecule has 0 spiro atoms. The highest BCUT2D eigenvalue weighted by molar-refractivity contribution is 5.65. The molecule has 0 bridgehead atoms. The molecule has 0 fully saturated rings. The zero-order valence-corrected chi connectivity index (χ0v) is 18.2. The molecular formula is C25H28N2O5. The zero-order valence-electron chi connectivity index (χ0n) is 18.2. The highest BCUT2D eigenvalue weighted by Gasteiger charge is 2.14. The van der Waals surface area contributed by atoms with E-state index >= 15 is 0 Å². The van der Waals surface area contributed by atoms with E-state index in [0.29, 0.717) is 11.6 Å². The first-order valence-electron chi connectivity index (χ1n) is 10.3. The van der Waals surface area contributed by atoms with Crippen molar-refractivity contribution in [2.75, 3.05) is 26.9 Å². The van der Waals surface area contributed by atoms with Gasteiger partial charge in [-0.2, -0.15) is 0 Å². The van der Waals surface area contributed by atoms with Gasteiger partial charge >= 0.3 is 0 Å². The van der Waals surface area contributed by atoms with Crippen LogP contribution in [0.15, 0.2) is 60.9 Å². The molecule has 2 aromatic carbocycles. The first kappa shape index (κ1) is 23.5. The molecule has 3 N–H and O–H groups in total. The van der Waals surface area contributed by atoms with Crippen molar-refractivity contribution in [3.05, 3.63) is 72.3 Å². The predicted octanol–water partition coefficient (Wildman–Crippen LogP) is 2.57. The van der Waals surface area contributed by atoms with Crippen molar-refractivity contribution >= 4 is 0 Å². The number of imidazole rings is 1. The maximum Gasteiger partial charge on any atom is 0.138 e. The van der Waals surface area contributed by atoms with Crippen molar-refractivity contribution in [3.8, 4) is 28.7 Å². The second-order valence-electron chi connectivity index (χ2n) is 7.36. The lowest BCUT2D eigenvalue weighted by Crippen LogP contribution is -2.22. The number of methoxy groups -OCH3 is 1. The molecule has 7 nitrogen and oxygen atoms in total. The molecule has 32 heavy (non-hydrogen) atoms. The molecule has 0 aliphatic carbocycles. The van der Waals surface area contributed by atoms with E-state index in [0.717, 1.165) is 16.7 Å². The summed E-state index contributed by atoms with van der Waals surface area (Å²) in [5, 5.41) is 29.2. The Labute approximate surface area is 187 Å². The molecule has 0 amide bonds. The summed E-state index contributed by atoms with van der Waals surface area (Å²) in [7, 11) is 1.53. The van der Waals surface area contributed by atoms with Gasteiger partial charge in [-0.05, 0) is 42.3 Å². The Morgan fingerprint density at radius 2 is 1.66 bits per heavy atom. The van der Waals surface area contributed by atoms with Gasteiger partial charge in [-0.15, -0.1) is 0 Å². The Morgan fingerprint density at radius 1 is 1.00 bits per heavy atom. The fraction of sp³-hybridized carbons (Fsp3) is 0.320. The summed E-state index contributed by atoms with van der Waals surface area (Å²) < 4.78 is 12.1. The predicted molar refractivity (Wildman–Crippen MR) is 121 cm³/mol. The smallest absolute Gasteiger partial charge is 0.138 e. The first-order chi connectivity index (χ1) is 15.5. The van der Waals surface area contributed by atoms with Gasteiger partial charge in [0.15, 0.2) is 0 Å². The quantitative estimate of drug-likeness (QED) is 0.446. The number of aliphatic hydroxyl groups is 3. The van der Waals surface area contributed by atoms with Crippen molar-refractivity contribution in [3.63, 3.8) is 0 Å². The summed E-state index contributed by atoms with van der Waals surface area (Å²) in [5.74, 6) is 7.27. The second-order valence-corrected chi connectivity index (χ2v) is 7.36. The first-order valence-corrected chi connectivity index (χ1v) is 10.3. The minimum atomic E-state index is -0.743. The van der Waals surface area contributed by atoms with Crippen LogP contribution in [-0.2, 0) is 4.74 Å². The van der Waals surface area contributed by atoms with Crippen LogP contribution in [0.25, 0.3) is 11.1 Å². The summed E-state index contributed by atoms with van der Waals surface area (Å²) in [6, 6.07) is 14.9. The molecule has 0 saturated heterocycles. The Balaban J connectivity index is 1.66. The Morgan fingerprint density at radius 3 is 2.25 bits per heavy atom. The van der Waals surface area contributed by atoms with Gasteiger partial charge in [0.2, 0.25) is 0 Å². The van der Waals surface area contributed by atoms with Gasteiger partial charge in [-0.1, -0.05) is 36.1 Å². The zero-order chi connectivity index (χ0) is 22.9. The van der Waals surface area contributed by atoms with Gasteiger partial charge in [-0.25, -0.2) is 4.98 Å². The average molecular weight is 437 g/mol. The van der Waals surface area contributed by atoms with Crippen LogP contribution >= 0.6 is 0 Å². The minimum absolute atomic E-state index is 0.174. The summed E-state index contributed by atoms with van der Waals surface area (Å²) in [5.41, 5.74) is 2.88. The standard InChI is InChI=1S/C25H28N2O5/c1-18(29)25-26-13-14-27(25)22(15-28)10-5-19-3-6-20(7-4-19)21-8-11-24(12-9-21)32-17-23(30)16-31-2/h3-4,6-9,11-14,18,22-23,28-30H,15-17H2,1-2H3/t18-,22-,23+/m0/s1. The number of rotatable bonds is 9. The number of ether oxygens (including phenoxy) is 2. The molecule has 3 aromatic rings. The van der Waals surface area contributed by atoms with E-state index in [1.165, 1.54) is 7.11 Å². The van der Waals surface area contributed by atoms with Crippen molar-refractivity contribution in [2.45, 2.75) is 25.2 Å². The molecule has 1 aromatic heterocycles. The van der Waals surface area contributed by atoms with E-state index in [1.807, 2.05) is 48.5 Å². The normalized spacial score (nSPS) is 13.7. The SMILES string of the molecule is COC[C@@H](O)COc1ccc(-c2ccc(C#C[C@@H](CO)n3ccnc3[C@H](C)O)cc2)cc1. The number of benzene rings is 2. The van der Waals surface area contributed by atoms with Crippen molar-refractivity contribution in [1.29, 1.82) is 0 Å². The molecule has 168 valence electrons.